The van der Waals surface area contributed by atoms with Crippen LogP contribution in [0, 0.1) is 18.3 Å². The average molecular weight is 350 g/mol. The molecule has 0 saturated heterocycles. The van der Waals surface area contributed by atoms with Gasteiger partial charge in [-0.25, -0.2) is 0 Å². The highest BCUT2D eigenvalue weighted by Gasteiger charge is 2.29. The third kappa shape index (κ3) is 3.16. The van der Waals surface area contributed by atoms with Gasteiger partial charge in [-0.15, -0.1) is 21.5 Å². The molecule has 0 unspecified atom stereocenters. The molecule has 25 heavy (non-hydrogen) atoms. The smallest absolute Gasteiger partial charge is 0.257 e. The molecular formula is C18H14N4O2S. The van der Waals surface area contributed by atoms with Crippen LogP contribution in [0.2, 0.25) is 0 Å². The number of aromatic nitrogens is 2. The second-order valence-corrected chi connectivity index (χ2v) is 7.20. The summed E-state index contributed by atoms with van der Waals surface area (Å²) in [5.74, 6) is 1.34. The highest BCUT2D eigenvalue weighted by Crippen LogP contribution is 2.41. The number of carbonyl (C=O) groups is 1. The van der Waals surface area contributed by atoms with Crippen LogP contribution in [0.1, 0.15) is 45.4 Å². The number of rotatable bonds is 4. The first-order chi connectivity index (χ1) is 12.1. The van der Waals surface area contributed by atoms with Crippen LogP contribution in [-0.4, -0.2) is 16.1 Å². The molecule has 1 N–H and O–H groups in total. The molecule has 0 aliphatic heterocycles. The number of thiophene rings is 1. The van der Waals surface area contributed by atoms with E-state index in [-0.39, 0.29) is 5.91 Å². The van der Waals surface area contributed by atoms with E-state index in [1.54, 1.807) is 24.3 Å². The van der Waals surface area contributed by atoms with Crippen LogP contribution >= 0.6 is 11.3 Å². The Labute approximate surface area is 148 Å². The van der Waals surface area contributed by atoms with E-state index < -0.39 is 0 Å². The Balaban J connectivity index is 1.55. The molecule has 0 radical (unpaired) electrons. The zero-order valence-corrected chi connectivity index (χ0v) is 14.3. The molecule has 2 aromatic heterocycles. The highest BCUT2D eigenvalue weighted by atomic mass is 32.1. The van der Waals surface area contributed by atoms with Gasteiger partial charge < -0.3 is 9.73 Å². The number of benzene rings is 1. The minimum absolute atomic E-state index is 0.256. The van der Waals surface area contributed by atoms with Crippen molar-refractivity contribution in [2.45, 2.75) is 25.7 Å². The molecule has 0 bridgehead atoms. The average Bonchev–Trinajstić information content (AvgIpc) is 3.25. The van der Waals surface area contributed by atoms with Crippen molar-refractivity contribution >= 4 is 22.9 Å². The third-order valence-electron chi connectivity index (χ3n) is 4.00. The summed E-state index contributed by atoms with van der Waals surface area (Å²) in [5.41, 5.74) is 1.60. The summed E-state index contributed by atoms with van der Waals surface area (Å²) < 4.78 is 5.72. The fourth-order valence-electron chi connectivity index (χ4n) is 2.47. The van der Waals surface area contributed by atoms with Crippen molar-refractivity contribution in [2.75, 3.05) is 5.32 Å². The number of nitrogens with one attached hydrogen (secondary N) is 1. The van der Waals surface area contributed by atoms with Crippen molar-refractivity contribution in [3.8, 4) is 16.8 Å². The van der Waals surface area contributed by atoms with Gasteiger partial charge in [0.05, 0.1) is 22.2 Å². The lowest BCUT2D eigenvalue weighted by atomic mass is 10.1. The summed E-state index contributed by atoms with van der Waals surface area (Å²) in [6, 6.07) is 10.5. The van der Waals surface area contributed by atoms with E-state index in [0.717, 1.165) is 22.6 Å². The van der Waals surface area contributed by atoms with Gasteiger partial charge in [0.1, 0.15) is 0 Å². The summed E-state index contributed by atoms with van der Waals surface area (Å²) in [5, 5.41) is 20.0. The molecule has 4 rings (SSSR count). The van der Waals surface area contributed by atoms with E-state index in [1.807, 2.05) is 19.1 Å². The maximum absolute atomic E-state index is 12.4. The lowest BCUT2D eigenvalue weighted by molar-refractivity contribution is 0.102. The normalized spacial score (nSPS) is 13.4. The van der Waals surface area contributed by atoms with E-state index in [4.69, 9.17) is 9.68 Å². The number of hydrogen-bond donors (Lipinski definition) is 1. The van der Waals surface area contributed by atoms with Gasteiger partial charge in [-0.3, -0.25) is 4.79 Å². The monoisotopic (exact) mass is 350 g/mol. The number of nitrogens with zero attached hydrogens (tertiary/aromatic N) is 3. The Morgan fingerprint density at radius 3 is 2.96 bits per heavy atom. The van der Waals surface area contributed by atoms with Crippen molar-refractivity contribution in [1.82, 2.24) is 10.2 Å². The predicted molar refractivity (Wildman–Crippen MR) is 93.4 cm³/mol. The van der Waals surface area contributed by atoms with Crippen molar-refractivity contribution in [2.24, 2.45) is 0 Å². The quantitative estimate of drug-likeness (QED) is 0.764. The molecule has 1 saturated carbocycles. The molecule has 0 atom stereocenters. The largest absolute Gasteiger partial charge is 0.420 e. The van der Waals surface area contributed by atoms with Gasteiger partial charge in [0.2, 0.25) is 5.89 Å². The Kier molecular flexibility index (Phi) is 3.82. The van der Waals surface area contributed by atoms with Crippen LogP contribution in [0.25, 0.3) is 10.8 Å². The molecule has 7 heteroatoms. The zero-order valence-electron chi connectivity index (χ0n) is 13.4. The highest BCUT2D eigenvalue weighted by molar-refractivity contribution is 7.15. The van der Waals surface area contributed by atoms with E-state index in [2.05, 4.69) is 15.5 Å². The lowest BCUT2D eigenvalue weighted by Crippen LogP contribution is -2.12. The number of amides is 1. The molecule has 1 aromatic carbocycles. The van der Waals surface area contributed by atoms with Crippen molar-refractivity contribution in [3.05, 3.63) is 52.2 Å². The van der Waals surface area contributed by atoms with Gasteiger partial charge in [0, 0.05) is 16.4 Å². The molecule has 1 amide bonds. The summed E-state index contributed by atoms with van der Waals surface area (Å²) >= 11 is 1.49. The number of hydrogen-bond acceptors (Lipinski definition) is 6. The number of aryl methyl sites for hydroxylation is 1. The van der Waals surface area contributed by atoms with Gasteiger partial charge in [0.15, 0.2) is 0 Å². The van der Waals surface area contributed by atoms with Crippen LogP contribution in [0.4, 0.5) is 5.69 Å². The molecule has 1 aliphatic rings. The summed E-state index contributed by atoms with van der Waals surface area (Å²) in [6.45, 7) is 1.92. The Morgan fingerprint density at radius 2 is 2.20 bits per heavy atom. The Hall–Kier alpha value is -2.98. The Morgan fingerprint density at radius 1 is 1.36 bits per heavy atom. The van der Waals surface area contributed by atoms with Crippen molar-refractivity contribution in [3.63, 3.8) is 0 Å². The number of carbonyl (C=O) groups excluding carboxylic acids is 1. The first kappa shape index (κ1) is 15.5. The summed E-state index contributed by atoms with van der Waals surface area (Å²) in [6.07, 6.45) is 2.21. The third-order valence-corrected chi connectivity index (χ3v) is 5.04. The molecule has 1 fully saturated rings. The molecule has 124 valence electrons. The molecule has 6 nitrogen and oxygen atoms in total. The van der Waals surface area contributed by atoms with Crippen LogP contribution in [0.3, 0.4) is 0 Å². The second kappa shape index (κ2) is 6.15. The Bertz CT molecular complexity index is 995. The van der Waals surface area contributed by atoms with Gasteiger partial charge in [-0.05, 0) is 44.0 Å². The van der Waals surface area contributed by atoms with Crippen LogP contribution in [-0.2, 0) is 0 Å². The fourth-order valence-corrected chi connectivity index (χ4v) is 3.36. The SMILES string of the molecule is Cc1sc(-c2nnc(C3CC3)o2)cc1NC(=O)c1cccc(C#N)c1. The van der Waals surface area contributed by atoms with Gasteiger partial charge in [-0.1, -0.05) is 6.07 Å². The molecule has 0 spiro atoms. The predicted octanol–water partition coefficient (Wildman–Crippen LogP) is 4.11. The second-order valence-electron chi connectivity index (χ2n) is 5.95. The molecule has 3 aromatic rings. The minimum atomic E-state index is -0.256. The molecule has 1 aliphatic carbocycles. The summed E-state index contributed by atoms with van der Waals surface area (Å²) in [7, 11) is 0. The lowest BCUT2D eigenvalue weighted by Gasteiger charge is -2.04. The topological polar surface area (TPSA) is 91.8 Å². The van der Waals surface area contributed by atoms with Crippen LogP contribution in [0.5, 0.6) is 0 Å². The maximum Gasteiger partial charge on any atom is 0.257 e. The molecule has 2 heterocycles. The van der Waals surface area contributed by atoms with Gasteiger partial charge in [0.25, 0.3) is 11.8 Å². The maximum atomic E-state index is 12.4. The fraction of sp³-hybridized carbons (Fsp3) is 0.222. The minimum Gasteiger partial charge on any atom is -0.420 e. The number of anilines is 1. The number of nitriles is 1. The summed E-state index contributed by atoms with van der Waals surface area (Å²) in [4.78, 5) is 14.2. The van der Waals surface area contributed by atoms with Crippen molar-refractivity contribution < 1.29 is 9.21 Å². The van der Waals surface area contributed by atoms with Crippen LogP contribution in [0.15, 0.2) is 34.7 Å². The van der Waals surface area contributed by atoms with Crippen LogP contribution < -0.4 is 5.32 Å². The standard InChI is InChI=1S/C18H14N4O2S/c1-10-14(20-16(23)13-4-2-3-11(7-13)9-19)8-15(25-10)18-22-21-17(24-18)12-5-6-12/h2-4,7-8,12H,5-6H2,1H3,(H,20,23). The van der Waals surface area contributed by atoms with Crippen molar-refractivity contribution in [1.29, 1.82) is 5.26 Å². The van der Waals surface area contributed by atoms with E-state index in [9.17, 15) is 4.79 Å². The van der Waals surface area contributed by atoms with E-state index >= 15 is 0 Å². The van der Waals surface area contributed by atoms with E-state index in [1.165, 1.54) is 11.3 Å². The van der Waals surface area contributed by atoms with Gasteiger partial charge in [-0.2, -0.15) is 5.26 Å². The zero-order chi connectivity index (χ0) is 17.4. The van der Waals surface area contributed by atoms with E-state index in [0.29, 0.717) is 34.5 Å². The molecular weight excluding hydrogens is 336 g/mol. The first-order valence-corrected chi connectivity index (χ1v) is 8.71. The van der Waals surface area contributed by atoms with Gasteiger partial charge >= 0.3 is 0 Å². The first-order valence-electron chi connectivity index (χ1n) is 7.90.